The molecule has 0 unspecified atom stereocenters. The highest BCUT2D eigenvalue weighted by Gasteiger charge is 2.17. The first-order chi connectivity index (χ1) is 15.8. The van der Waals surface area contributed by atoms with Gasteiger partial charge in [-0.15, -0.1) is 0 Å². The summed E-state index contributed by atoms with van der Waals surface area (Å²) in [5.41, 5.74) is 7.23. The predicted molar refractivity (Wildman–Crippen MR) is 131 cm³/mol. The van der Waals surface area contributed by atoms with E-state index in [1.165, 1.54) is 43.2 Å². The standard InChI is InChI=1S/C27H36N4O/c32-27(29-28-26-11-7-2-1-3-8-12-26)25-15-13-24(14-16-25)22-31-19-17-30(18-20-31)21-23-9-5-4-6-10-23/h4-6,9-10,13-16H,1-3,7-8,11-12,17-22H2,(H,29,32). The van der Waals surface area contributed by atoms with Gasteiger partial charge in [0.1, 0.15) is 0 Å². The van der Waals surface area contributed by atoms with E-state index in [9.17, 15) is 4.79 Å². The van der Waals surface area contributed by atoms with E-state index in [-0.39, 0.29) is 5.91 Å². The van der Waals surface area contributed by atoms with Crippen LogP contribution >= 0.6 is 0 Å². The van der Waals surface area contributed by atoms with E-state index < -0.39 is 0 Å². The van der Waals surface area contributed by atoms with Crippen LogP contribution in [0.4, 0.5) is 0 Å². The summed E-state index contributed by atoms with van der Waals surface area (Å²) in [5, 5.41) is 4.42. The first-order valence-electron chi connectivity index (χ1n) is 12.2. The van der Waals surface area contributed by atoms with Gasteiger partial charge in [0.2, 0.25) is 0 Å². The molecule has 1 aliphatic heterocycles. The van der Waals surface area contributed by atoms with Gasteiger partial charge >= 0.3 is 0 Å². The number of carbonyl (C=O) groups is 1. The second-order valence-electron chi connectivity index (χ2n) is 9.12. The number of hydrogen-bond acceptors (Lipinski definition) is 4. The monoisotopic (exact) mass is 432 g/mol. The molecule has 2 fully saturated rings. The molecule has 5 nitrogen and oxygen atoms in total. The van der Waals surface area contributed by atoms with Gasteiger partial charge in [0.05, 0.1) is 0 Å². The van der Waals surface area contributed by atoms with Crippen molar-refractivity contribution in [2.45, 2.75) is 58.0 Å². The lowest BCUT2D eigenvalue weighted by Crippen LogP contribution is -2.45. The average Bonchev–Trinajstić information content (AvgIpc) is 2.81. The molecule has 5 heteroatoms. The smallest absolute Gasteiger partial charge is 0.271 e. The zero-order chi connectivity index (χ0) is 22.0. The van der Waals surface area contributed by atoms with Crippen LogP contribution in [0, 0.1) is 0 Å². The molecule has 1 N–H and O–H groups in total. The quantitative estimate of drug-likeness (QED) is 0.665. The van der Waals surface area contributed by atoms with Crippen LogP contribution in [-0.2, 0) is 13.1 Å². The molecule has 2 aliphatic rings. The minimum absolute atomic E-state index is 0.111. The molecule has 1 saturated heterocycles. The molecule has 170 valence electrons. The zero-order valence-electron chi connectivity index (χ0n) is 19.1. The Hall–Kier alpha value is -2.50. The van der Waals surface area contributed by atoms with Gasteiger partial charge in [0.25, 0.3) is 5.91 Å². The second-order valence-corrected chi connectivity index (χ2v) is 9.12. The van der Waals surface area contributed by atoms with Crippen LogP contribution in [0.15, 0.2) is 59.7 Å². The first kappa shape index (κ1) is 22.7. The third kappa shape index (κ3) is 7.01. The topological polar surface area (TPSA) is 47.9 Å². The third-order valence-corrected chi connectivity index (χ3v) is 6.58. The Bertz CT molecular complexity index is 860. The SMILES string of the molecule is O=C(NN=C1CCCCCCC1)c1ccc(CN2CCN(Cc3ccccc3)CC2)cc1. The fourth-order valence-electron chi connectivity index (χ4n) is 4.59. The number of rotatable bonds is 6. The number of hydrazone groups is 1. The molecule has 1 amide bonds. The van der Waals surface area contributed by atoms with Crippen molar-refractivity contribution in [2.75, 3.05) is 26.2 Å². The first-order valence-corrected chi connectivity index (χ1v) is 12.2. The molecule has 0 aromatic heterocycles. The Kier molecular flexibility index (Phi) is 8.46. The molecule has 0 spiro atoms. The highest BCUT2D eigenvalue weighted by molar-refractivity contribution is 5.95. The molecule has 2 aromatic carbocycles. The molecular weight excluding hydrogens is 396 g/mol. The zero-order valence-corrected chi connectivity index (χ0v) is 19.1. The number of carbonyl (C=O) groups excluding carboxylic acids is 1. The fourth-order valence-corrected chi connectivity index (χ4v) is 4.59. The Morgan fingerprint density at radius 3 is 1.84 bits per heavy atom. The van der Waals surface area contributed by atoms with Gasteiger partial charge < -0.3 is 0 Å². The summed E-state index contributed by atoms with van der Waals surface area (Å²) in [6, 6.07) is 18.7. The van der Waals surface area contributed by atoms with E-state index in [0.29, 0.717) is 5.56 Å². The summed E-state index contributed by atoms with van der Waals surface area (Å²) in [6.07, 6.45) is 8.27. The molecule has 0 bridgehead atoms. The minimum atomic E-state index is -0.111. The van der Waals surface area contributed by atoms with Gasteiger partial charge in [0.15, 0.2) is 0 Å². The predicted octanol–water partition coefficient (Wildman–Crippen LogP) is 4.83. The number of nitrogens with zero attached hydrogens (tertiary/aromatic N) is 3. The van der Waals surface area contributed by atoms with Gasteiger partial charge in [-0.25, -0.2) is 5.43 Å². The van der Waals surface area contributed by atoms with Crippen molar-refractivity contribution in [3.05, 3.63) is 71.3 Å². The normalized spacial score (nSPS) is 18.6. The fraction of sp³-hybridized carbons (Fsp3) is 0.481. The largest absolute Gasteiger partial charge is 0.297 e. The lowest BCUT2D eigenvalue weighted by Gasteiger charge is -2.34. The van der Waals surface area contributed by atoms with Crippen molar-refractivity contribution in [3.8, 4) is 0 Å². The van der Waals surface area contributed by atoms with Gasteiger partial charge in [-0.3, -0.25) is 14.6 Å². The van der Waals surface area contributed by atoms with Crippen LogP contribution in [0.2, 0.25) is 0 Å². The highest BCUT2D eigenvalue weighted by Crippen LogP contribution is 2.15. The summed E-state index contributed by atoms with van der Waals surface area (Å²) in [5.74, 6) is -0.111. The number of nitrogens with one attached hydrogen (secondary N) is 1. The van der Waals surface area contributed by atoms with E-state index in [4.69, 9.17) is 0 Å². The molecule has 1 aliphatic carbocycles. The summed E-state index contributed by atoms with van der Waals surface area (Å²) in [6.45, 7) is 6.30. The lowest BCUT2D eigenvalue weighted by molar-refractivity contribution is 0.0954. The van der Waals surface area contributed by atoms with Crippen molar-refractivity contribution in [1.29, 1.82) is 0 Å². The number of piperazine rings is 1. The van der Waals surface area contributed by atoms with E-state index in [1.54, 1.807) is 0 Å². The molecular formula is C27H36N4O. The molecule has 0 radical (unpaired) electrons. The molecule has 0 atom stereocenters. The lowest BCUT2D eigenvalue weighted by atomic mass is 9.99. The van der Waals surface area contributed by atoms with E-state index in [0.717, 1.165) is 57.8 Å². The van der Waals surface area contributed by atoms with Gasteiger partial charge in [0, 0.05) is 50.5 Å². The molecule has 1 saturated carbocycles. The Labute approximate surface area is 192 Å². The van der Waals surface area contributed by atoms with E-state index in [1.807, 2.05) is 12.1 Å². The summed E-state index contributed by atoms with van der Waals surface area (Å²) < 4.78 is 0. The summed E-state index contributed by atoms with van der Waals surface area (Å²) in [7, 11) is 0. The minimum Gasteiger partial charge on any atom is -0.297 e. The van der Waals surface area contributed by atoms with Crippen LogP contribution in [-0.4, -0.2) is 47.6 Å². The number of hydrogen-bond donors (Lipinski definition) is 1. The van der Waals surface area contributed by atoms with Crippen molar-refractivity contribution < 1.29 is 4.79 Å². The summed E-state index contributed by atoms with van der Waals surface area (Å²) in [4.78, 5) is 17.5. The Morgan fingerprint density at radius 2 is 1.25 bits per heavy atom. The number of benzene rings is 2. The maximum Gasteiger partial charge on any atom is 0.271 e. The maximum atomic E-state index is 12.5. The molecule has 1 heterocycles. The molecule has 4 rings (SSSR count). The van der Waals surface area contributed by atoms with Crippen molar-refractivity contribution in [1.82, 2.24) is 15.2 Å². The van der Waals surface area contributed by atoms with E-state index in [2.05, 4.69) is 62.8 Å². The van der Waals surface area contributed by atoms with Crippen LogP contribution in [0.3, 0.4) is 0 Å². The van der Waals surface area contributed by atoms with Crippen LogP contribution in [0.5, 0.6) is 0 Å². The Morgan fingerprint density at radius 1 is 0.719 bits per heavy atom. The van der Waals surface area contributed by atoms with Gasteiger partial charge in [-0.2, -0.15) is 5.10 Å². The number of amides is 1. The second kappa shape index (κ2) is 11.9. The average molecular weight is 433 g/mol. The van der Waals surface area contributed by atoms with Crippen molar-refractivity contribution in [2.24, 2.45) is 5.10 Å². The molecule has 2 aromatic rings. The van der Waals surface area contributed by atoms with Crippen LogP contribution in [0.25, 0.3) is 0 Å². The third-order valence-electron chi connectivity index (χ3n) is 6.58. The van der Waals surface area contributed by atoms with Crippen LogP contribution in [0.1, 0.15) is 66.4 Å². The molecule has 32 heavy (non-hydrogen) atoms. The van der Waals surface area contributed by atoms with Crippen LogP contribution < -0.4 is 5.43 Å². The van der Waals surface area contributed by atoms with Crippen molar-refractivity contribution >= 4 is 11.6 Å². The van der Waals surface area contributed by atoms with Gasteiger partial charge in [-0.1, -0.05) is 61.7 Å². The highest BCUT2D eigenvalue weighted by atomic mass is 16.2. The van der Waals surface area contributed by atoms with E-state index >= 15 is 0 Å². The summed E-state index contributed by atoms with van der Waals surface area (Å²) >= 11 is 0. The van der Waals surface area contributed by atoms with Crippen molar-refractivity contribution in [3.63, 3.8) is 0 Å². The maximum absolute atomic E-state index is 12.5. The Balaban J connectivity index is 1.22. The van der Waals surface area contributed by atoms with Gasteiger partial charge in [-0.05, 0) is 48.9 Å².